The molecular formula is C11H16BrNO2. The SMILES string of the molecule is COc1ccc(Br)cc1CNC[C@H](C)O. The van der Waals surface area contributed by atoms with Gasteiger partial charge >= 0.3 is 0 Å². The quantitative estimate of drug-likeness (QED) is 0.862. The first kappa shape index (κ1) is 12.5. The Morgan fingerprint density at radius 3 is 2.87 bits per heavy atom. The van der Waals surface area contributed by atoms with E-state index in [-0.39, 0.29) is 6.10 Å². The Bertz CT molecular complexity index is 315. The Balaban J connectivity index is 2.62. The van der Waals surface area contributed by atoms with E-state index in [9.17, 15) is 0 Å². The summed E-state index contributed by atoms with van der Waals surface area (Å²) in [5.41, 5.74) is 1.08. The number of ether oxygens (including phenoxy) is 1. The molecule has 4 heteroatoms. The molecule has 1 atom stereocenters. The van der Waals surface area contributed by atoms with Crippen LogP contribution in [0.25, 0.3) is 0 Å². The highest BCUT2D eigenvalue weighted by molar-refractivity contribution is 9.10. The van der Waals surface area contributed by atoms with Crippen LogP contribution in [0.5, 0.6) is 5.75 Å². The highest BCUT2D eigenvalue weighted by atomic mass is 79.9. The fraction of sp³-hybridized carbons (Fsp3) is 0.455. The average molecular weight is 274 g/mol. The number of rotatable bonds is 5. The Kier molecular flexibility index (Phi) is 5.08. The van der Waals surface area contributed by atoms with Gasteiger partial charge in [0.25, 0.3) is 0 Å². The summed E-state index contributed by atoms with van der Waals surface area (Å²) in [6.07, 6.45) is -0.330. The lowest BCUT2D eigenvalue weighted by Gasteiger charge is -2.11. The molecule has 0 saturated heterocycles. The molecule has 0 fully saturated rings. The molecule has 0 aliphatic rings. The average Bonchev–Trinajstić information content (AvgIpc) is 2.17. The lowest BCUT2D eigenvalue weighted by atomic mass is 10.2. The van der Waals surface area contributed by atoms with Crippen LogP contribution in [0.3, 0.4) is 0 Å². The molecule has 84 valence electrons. The molecule has 0 heterocycles. The first-order valence-electron chi connectivity index (χ1n) is 4.84. The smallest absolute Gasteiger partial charge is 0.123 e. The van der Waals surface area contributed by atoms with Gasteiger partial charge < -0.3 is 15.2 Å². The summed E-state index contributed by atoms with van der Waals surface area (Å²) >= 11 is 3.41. The maximum Gasteiger partial charge on any atom is 0.123 e. The summed E-state index contributed by atoms with van der Waals surface area (Å²) in [5, 5.41) is 12.3. The van der Waals surface area contributed by atoms with E-state index >= 15 is 0 Å². The normalized spacial score (nSPS) is 12.5. The highest BCUT2D eigenvalue weighted by Crippen LogP contribution is 2.22. The molecule has 0 aliphatic carbocycles. The van der Waals surface area contributed by atoms with Crippen molar-refractivity contribution in [2.45, 2.75) is 19.6 Å². The third-order valence-corrected chi connectivity index (χ3v) is 2.49. The predicted octanol–water partition coefficient (Wildman–Crippen LogP) is 1.93. The topological polar surface area (TPSA) is 41.5 Å². The van der Waals surface area contributed by atoms with E-state index in [2.05, 4.69) is 21.2 Å². The van der Waals surface area contributed by atoms with E-state index in [0.29, 0.717) is 13.1 Å². The summed E-state index contributed by atoms with van der Waals surface area (Å²) in [7, 11) is 1.65. The lowest BCUT2D eigenvalue weighted by Crippen LogP contribution is -2.24. The van der Waals surface area contributed by atoms with Crippen molar-refractivity contribution in [2.75, 3.05) is 13.7 Å². The second-order valence-electron chi connectivity index (χ2n) is 3.44. The summed E-state index contributed by atoms with van der Waals surface area (Å²) < 4.78 is 6.26. The minimum absolute atomic E-state index is 0.330. The summed E-state index contributed by atoms with van der Waals surface area (Å²) in [4.78, 5) is 0. The van der Waals surface area contributed by atoms with Gasteiger partial charge in [0, 0.05) is 23.1 Å². The molecule has 0 saturated carbocycles. The van der Waals surface area contributed by atoms with E-state index in [1.165, 1.54) is 0 Å². The van der Waals surface area contributed by atoms with Crippen molar-refractivity contribution >= 4 is 15.9 Å². The zero-order valence-corrected chi connectivity index (χ0v) is 10.5. The van der Waals surface area contributed by atoms with Gasteiger partial charge in [0.2, 0.25) is 0 Å². The van der Waals surface area contributed by atoms with Crippen molar-refractivity contribution in [3.8, 4) is 5.75 Å². The first-order chi connectivity index (χ1) is 7.13. The van der Waals surface area contributed by atoms with Crippen molar-refractivity contribution in [2.24, 2.45) is 0 Å². The van der Waals surface area contributed by atoms with Crippen LogP contribution in [0.15, 0.2) is 22.7 Å². The van der Waals surface area contributed by atoms with Gasteiger partial charge in [0.05, 0.1) is 13.2 Å². The molecule has 2 N–H and O–H groups in total. The fourth-order valence-electron chi connectivity index (χ4n) is 1.30. The van der Waals surface area contributed by atoms with Gasteiger partial charge in [0.1, 0.15) is 5.75 Å². The minimum atomic E-state index is -0.330. The third-order valence-electron chi connectivity index (χ3n) is 2.00. The van der Waals surface area contributed by atoms with Crippen LogP contribution in [-0.2, 0) is 6.54 Å². The Hall–Kier alpha value is -0.580. The van der Waals surface area contributed by atoms with E-state index < -0.39 is 0 Å². The van der Waals surface area contributed by atoms with Crippen molar-refractivity contribution in [3.63, 3.8) is 0 Å². The monoisotopic (exact) mass is 273 g/mol. The van der Waals surface area contributed by atoms with E-state index in [1.807, 2.05) is 18.2 Å². The van der Waals surface area contributed by atoms with Crippen LogP contribution < -0.4 is 10.1 Å². The Labute approximate surface area is 98.6 Å². The molecule has 15 heavy (non-hydrogen) atoms. The van der Waals surface area contributed by atoms with Crippen molar-refractivity contribution in [1.82, 2.24) is 5.32 Å². The van der Waals surface area contributed by atoms with Crippen LogP contribution in [0.4, 0.5) is 0 Å². The van der Waals surface area contributed by atoms with Crippen LogP contribution in [-0.4, -0.2) is 24.9 Å². The van der Waals surface area contributed by atoms with Crippen LogP contribution in [0.2, 0.25) is 0 Å². The first-order valence-corrected chi connectivity index (χ1v) is 5.64. The molecule has 1 rings (SSSR count). The molecule has 3 nitrogen and oxygen atoms in total. The maximum atomic E-state index is 9.11. The summed E-state index contributed by atoms with van der Waals surface area (Å²) in [6, 6.07) is 5.87. The standard InChI is InChI=1S/C11H16BrNO2/c1-8(14)6-13-7-9-5-10(12)3-4-11(9)15-2/h3-5,8,13-14H,6-7H2,1-2H3/t8-/m0/s1. The molecule has 0 aliphatic heterocycles. The zero-order valence-electron chi connectivity index (χ0n) is 8.96. The minimum Gasteiger partial charge on any atom is -0.496 e. The van der Waals surface area contributed by atoms with Crippen molar-refractivity contribution in [3.05, 3.63) is 28.2 Å². The van der Waals surface area contributed by atoms with Gasteiger partial charge in [-0.3, -0.25) is 0 Å². The Morgan fingerprint density at radius 1 is 1.53 bits per heavy atom. The molecule has 1 aromatic rings. The number of halogens is 1. The van der Waals surface area contributed by atoms with E-state index in [0.717, 1.165) is 15.8 Å². The highest BCUT2D eigenvalue weighted by Gasteiger charge is 2.03. The largest absolute Gasteiger partial charge is 0.496 e. The molecular weight excluding hydrogens is 258 g/mol. The molecule has 1 aromatic carbocycles. The second kappa shape index (κ2) is 6.10. The number of aliphatic hydroxyl groups is 1. The van der Waals surface area contributed by atoms with Crippen LogP contribution >= 0.6 is 15.9 Å². The van der Waals surface area contributed by atoms with E-state index in [4.69, 9.17) is 9.84 Å². The molecule has 0 bridgehead atoms. The maximum absolute atomic E-state index is 9.11. The number of nitrogens with one attached hydrogen (secondary N) is 1. The van der Waals surface area contributed by atoms with Gasteiger partial charge in [-0.05, 0) is 25.1 Å². The van der Waals surface area contributed by atoms with Crippen molar-refractivity contribution in [1.29, 1.82) is 0 Å². The number of methoxy groups -OCH3 is 1. The molecule has 0 aromatic heterocycles. The molecule has 0 unspecified atom stereocenters. The van der Waals surface area contributed by atoms with Gasteiger partial charge in [0.15, 0.2) is 0 Å². The number of aliphatic hydroxyl groups excluding tert-OH is 1. The number of hydrogen-bond donors (Lipinski definition) is 2. The zero-order chi connectivity index (χ0) is 11.3. The van der Waals surface area contributed by atoms with Gasteiger partial charge in [-0.25, -0.2) is 0 Å². The molecule has 0 amide bonds. The summed E-state index contributed by atoms with van der Waals surface area (Å²) in [5.74, 6) is 0.858. The predicted molar refractivity (Wildman–Crippen MR) is 64.1 cm³/mol. The van der Waals surface area contributed by atoms with Crippen LogP contribution in [0.1, 0.15) is 12.5 Å². The molecule has 0 spiro atoms. The summed E-state index contributed by atoms with van der Waals surface area (Å²) in [6.45, 7) is 3.02. The lowest BCUT2D eigenvalue weighted by molar-refractivity contribution is 0.191. The van der Waals surface area contributed by atoms with Gasteiger partial charge in [-0.2, -0.15) is 0 Å². The fourth-order valence-corrected chi connectivity index (χ4v) is 1.71. The number of hydrogen-bond acceptors (Lipinski definition) is 3. The van der Waals surface area contributed by atoms with Gasteiger partial charge in [-0.1, -0.05) is 15.9 Å². The van der Waals surface area contributed by atoms with Crippen LogP contribution in [0, 0.1) is 0 Å². The van der Waals surface area contributed by atoms with Gasteiger partial charge in [-0.15, -0.1) is 0 Å². The Morgan fingerprint density at radius 2 is 2.27 bits per heavy atom. The van der Waals surface area contributed by atoms with E-state index in [1.54, 1.807) is 14.0 Å². The third kappa shape index (κ3) is 4.20. The molecule has 0 radical (unpaired) electrons. The van der Waals surface area contributed by atoms with Crippen molar-refractivity contribution < 1.29 is 9.84 Å². The number of benzene rings is 1. The second-order valence-corrected chi connectivity index (χ2v) is 4.35.